The summed E-state index contributed by atoms with van der Waals surface area (Å²) in [7, 11) is 0. The summed E-state index contributed by atoms with van der Waals surface area (Å²) in [6.07, 6.45) is -5.31. The normalized spacial score (nSPS) is 11.3. The number of ether oxygens (including phenoxy) is 1. The molecule has 0 unspecified atom stereocenters. The van der Waals surface area contributed by atoms with E-state index in [1.165, 1.54) is 12.1 Å². The van der Waals surface area contributed by atoms with Gasteiger partial charge in [-0.2, -0.15) is 13.2 Å². The molecule has 1 N–H and O–H groups in total. The van der Waals surface area contributed by atoms with Crippen LogP contribution in [0.4, 0.5) is 18.0 Å². The lowest BCUT2D eigenvalue weighted by Crippen LogP contribution is -2.23. The number of nitrogens with zero attached hydrogens (tertiary/aromatic N) is 2. The third kappa shape index (κ3) is 5.10. The van der Waals surface area contributed by atoms with Crippen molar-refractivity contribution in [2.75, 3.05) is 0 Å². The van der Waals surface area contributed by atoms with E-state index in [9.17, 15) is 18.0 Å². The first-order chi connectivity index (χ1) is 13.3. The SMILES string of the molecule is O=C(NCc1nnc(-c2ccc(Br)cc2C(F)(F)F)o1)OCc1ccccc1. The quantitative estimate of drug-likeness (QED) is 0.589. The van der Waals surface area contributed by atoms with Crippen molar-refractivity contribution in [1.29, 1.82) is 0 Å². The van der Waals surface area contributed by atoms with Gasteiger partial charge in [0, 0.05) is 4.47 Å². The minimum atomic E-state index is -4.59. The molecule has 3 rings (SSSR count). The summed E-state index contributed by atoms with van der Waals surface area (Å²) in [4.78, 5) is 11.7. The number of nitrogens with one attached hydrogen (secondary N) is 1. The molecule has 0 aliphatic rings. The number of aromatic nitrogens is 2. The van der Waals surface area contributed by atoms with Gasteiger partial charge in [0.2, 0.25) is 11.8 Å². The smallest absolute Gasteiger partial charge is 0.417 e. The summed E-state index contributed by atoms with van der Waals surface area (Å²) >= 11 is 3.01. The highest BCUT2D eigenvalue weighted by atomic mass is 79.9. The predicted octanol–water partition coefficient (Wildman–Crippen LogP) is 4.94. The van der Waals surface area contributed by atoms with Crippen LogP contribution in [-0.4, -0.2) is 16.3 Å². The van der Waals surface area contributed by atoms with Crippen LogP contribution in [-0.2, 0) is 24.1 Å². The first-order valence-electron chi connectivity index (χ1n) is 7.97. The molecule has 1 aromatic heterocycles. The molecule has 0 aliphatic carbocycles. The van der Waals surface area contributed by atoms with E-state index in [1.807, 2.05) is 18.2 Å². The largest absolute Gasteiger partial charge is 0.445 e. The molecule has 0 bridgehead atoms. The van der Waals surface area contributed by atoms with Crippen molar-refractivity contribution >= 4 is 22.0 Å². The number of alkyl halides is 3. The molecule has 28 heavy (non-hydrogen) atoms. The van der Waals surface area contributed by atoms with Crippen LogP contribution in [0.2, 0.25) is 0 Å². The summed E-state index contributed by atoms with van der Waals surface area (Å²) in [6, 6.07) is 12.7. The predicted molar refractivity (Wildman–Crippen MR) is 95.9 cm³/mol. The highest BCUT2D eigenvalue weighted by Crippen LogP contribution is 2.38. The average Bonchev–Trinajstić information content (AvgIpc) is 3.13. The maximum Gasteiger partial charge on any atom is 0.417 e. The number of alkyl carbamates (subject to hydrolysis) is 1. The number of rotatable bonds is 5. The topological polar surface area (TPSA) is 77.3 Å². The van der Waals surface area contributed by atoms with Crippen molar-refractivity contribution in [3.63, 3.8) is 0 Å². The first-order valence-corrected chi connectivity index (χ1v) is 8.76. The Hall–Kier alpha value is -2.88. The summed E-state index contributed by atoms with van der Waals surface area (Å²) in [5, 5.41) is 9.70. The zero-order chi connectivity index (χ0) is 20.1. The molecule has 2 aromatic carbocycles. The van der Waals surface area contributed by atoms with Crippen LogP contribution in [0.15, 0.2) is 57.4 Å². The number of hydrogen-bond acceptors (Lipinski definition) is 5. The second kappa shape index (κ2) is 8.42. The fourth-order valence-electron chi connectivity index (χ4n) is 2.29. The Morgan fingerprint density at radius 1 is 1.14 bits per heavy atom. The van der Waals surface area contributed by atoms with Gasteiger partial charge in [0.25, 0.3) is 0 Å². The van der Waals surface area contributed by atoms with Crippen LogP contribution < -0.4 is 5.32 Å². The lowest BCUT2D eigenvalue weighted by molar-refractivity contribution is -0.137. The Morgan fingerprint density at radius 2 is 1.89 bits per heavy atom. The van der Waals surface area contributed by atoms with Gasteiger partial charge in [-0.15, -0.1) is 10.2 Å². The van der Waals surface area contributed by atoms with Gasteiger partial charge >= 0.3 is 12.3 Å². The molecule has 0 saturated carbocycles. The minimum absolute atomic E-state index is 0.0531. The van der Waals surface area contributed by atoms with Gasteiger partial charge in [-0.1, -0.05) is 46.3 Å². The maximum atomic E-state index is 13.2. The van der Waals surface area contributed by atoms with E-state index in [4.69, 9.17) is 9.15 Å². The number of carbonyl (C=O) groups excluding carboxylic acids is 1. The molecule has 0 saturated heterocycles. The molecule has 3 aromatic rings. The van der Waals surface area contributed by atoms with Crippen LogP contribution in [0.5, 0.6) is 0 Å². The molecule has 10 heteroatoms. The third-order valence-electron chi connectivity index (χ3n) is 3.58. The second-order valence-corrected chi connectivity index (χ2v) is 6.52. The van der Waals surface area contributed by atoms with Crippen LogP contribution in [0, 0.1) is 0 Å². The second-order valence-electron chi connectivity index (χ2n) is 5.60. The number of amides is 1. The van der Waals surface area contributed by atoms with E-state index in [0.29, 0.717) is 0 Å². The summed E-state index contributed by atoms with van der Waals surface area (Å²) < 4.78 is 50.2. The zero-order valence-corrected chi connectivity index (χ0v) is 15.8. The molecule has 0 aliphatic heterocycles. The van der Waals surface area contributed by atoms with Gasteiger partial charge in [-0.25, -0.2) is 4.79 Å². The lowest BCUT2D eigenvalue weighted by atomic mass is 10.1. The van der Waals surface area contributed by atoms with Gasteiger partial charge in [0.1, 0.15) is 6.61 Å². The number of hydrogen-bond donors (Lipinski definition) is 1. The molecular formula is C18H13BrF3N3O3. The van der Waals surface area contributed by atoms with Crippen LogP contribution in [0.25, 0.3) is 11.5 Å². The van der Waals surface area contributed by atoms with E-state index in [1.54, 1.807) is 12.1 Å². The third-order valence-corrected chi connectivity index (χ3v) is 4.07. The molecule has 1 amide bonds. The lowest BCUT2D eigenvalue weighted by Gasteiger charge is -2.10. The Morgan fingerprint density at radius 3 is 2.61 bits per heavy atom. The molecule has 146 valence electrons. The molecular weight excluding hydrogens is 443 g/mol. The molecule has 0 radical (unpaired) electrons. The van der Waals surface area contributed by atoms with Crippen molar-refractivity contribution < 1.29 is 27.1 Å². The molecule has 1 heterocycles. The molecule has 6 nitrogen and oxygen atoms in total. The first kappa shape index (κ1) is 19.9. The van der Waals surface area contributed by atoms with Gasteiger partial charge in [-0.3, -0.25) is 0 Å². The van der Waals surface area contributed by atoms with E-state index in [0.717, 1.165) is 11.6 Å². The molecule has 0 fully saturated rings. The number of carbonyl (C=O) groups is 1. The van der Waals surface area contributed by atoms with E-state index < -0.39 is 17.8 Å². The highest BCUT2D eigenvalue weighted by Gasteiger charge is 2.35. The summed E-state index contributed by atoms with van der Waals surface area (Å²) in [5.74, 6) is -0.350. The Bertz CT molecular complexity index is 961. The van der Waals surface area contributed by atoms with Gasteiger partial charge in [-0.05, 0) is 23.8 Å². The van der Waals surface area contributed by atoms with Crippen LogP contribution in [0.3, 0.4) is 0 Å². The molecule has 0 spiro atoms. The average molecular weight is 456 g/mol. The standard InChI is InChI=1S/C18H13BrF3N3O3/c19-12-6-7-13(14(8-12)18(20,21)22)16-25-24-15(28-16)9-23-17(26)27-10-11-4-2-1-3-5-11/h1-8H,9-10H2,(H,23,26). The van der Waals surface area contributed by atoms with Crippen molar-refractivity contribution in [2.45, 2.75) is 19.3 Å². The fraction of sp³-hybridized carbons (Fsp3) is 0.167. The summed E-state index contributed by atoms with van der Waals surface area (Å²) in [6.45, 7) is -0.103. The van der Waals surface area contributed by atoms with Crippen LogP contribution >= 0.6 is 15.9 Å². The molecule has 0 atom stereocenters. The number of benzene rings is 2. The Balaban J connectivity index is 1.63. The zero-order valence-electron chi connectivity index (χ0n) is 14.2. The highest BCUT2D eigenvalue weighted by molar-refractivity contribution is 9.10. The van der Waals surface area contributed by atoms with E-state index in [-0.39, 0.29) is 35.0 Å². The van der Waals surface area contributed by atoms with Crippen molar-refractivity contribution in [3.8, 4) is 11.5 Å². The van der Waals surface area contributed by atoms with Crippen molar-refractivity contribution in [1.82, 2.24) is 15.5 Å². The van der Waals surface area contributed by atoms with Crippen molar-refractivity contribution in [2.24, 2.45) is 0 Å². The Labute approximate surface area is 165 Å². The van der Waals surface area contributed by atoms with Gasteiger partial charge < -0.3 is 14.5 Å². The number of halogens is 4. The Kier molecular flexibility index (Phi) is 5.98. The monoisotopic (exact) mass is 455 g/mol. The van der Waals surface area contributed by atoms with E-state index in [2.05, 4.69) is 31.4 Å². The van der Waals surface area contributed by atoms with Gasteiger partial charge in [0.05, 0.1) is 17.7 Å². The van der Waals surface area contributed by atoms with Gasteiger partial charge in [0.15, 0.2) is 0 Å². The fourth-order valence-corrected chi connectivity index (χ4v) is 2.65. The van der Waals surface area contributed by atoms with Crippen molar-refractivity contribution in [3.05, 3.63) is 70.0 Å². The van der Waals surface area contributed by atoms with Crippen LogP contribution in [0.1, 0.15) is 17.0 Å². The van der Waals surface area contributed by atoms with E-state index >= 15 is 0 Å². The maximum absolute atomic E-state index is 13.2. The minimum Gasteiger partial charge on any atom is -0.445 e. The summed E-state index contributed by atoms with van der Waals surface area (Å²) in [5.41, 5.74) is -0.346.